The molecule has 2 rings (SSSR count). The first-order chi connectivity index (χ1) is 9.84. The summed E-state index contributed by atoms with van der Waals surface area (Å²) < 4.78 is 30.7. The van der Waals surface area contributed by atoms with E-state index in [0.29, 0.717) is 6.61 Å². The molecule has 1 aromatic carbocycles. The molecule has 1 aromatic rings. The van der Waals surface area contributed by atoms with Crippen LogP contribution in [0.5, 0.6) is 5.75 Å². The molecular weight excluding hydrogens is 354 g/mol. The van der Waals surface area contributed by atoms with Crippen molar-refractivity contribution < 1.29 is 13.2 Å². The minimum absolute atomic E-state index is 0.260. The minimum Gasteiger partial charge on any atom is -0.493 e. The maximum absolute atomic E-state index is 12.0. The van der Waals surface area contributed by atoms with Gasteiger partial charge in [-0.2, -0.15) is 0 Å². The fraction of sp³-hybridized carbons (Fsp3) is 0.600. The van der Waals surface area contributed by atoms with E-state index in [1.54, 1.807) is 6.92 Å². The molecule has 0 spiro atoms. The second-order valence-corrected chi connectivity index (χ2v) is 8.87. The Kier molecular flexibility index (Phi) is 5.33. The highest BCUT2D eigenvalue weighted by molar-refractivity contribution is 9.10. The monoisotopic (exact) mass is 375 g/mol. The molecule has 0 saturated carbocycles. The van der Waals surface area contributed by atoms with Gasteiger partial charge in [-0.15, -0.1) is 0 Å². The summed E-state index contributed by atoms with van der Waals surface area (Å²) >= 11 is 3.52. The fourth-order valence-corrected chi connectivity index (χ4v) is 3.86. The van der Waals surface area contributed by atoms with Crippen molar-refractivity contribution in [2.45, 2.75) is 38.0 Å². The van der Waals surface area contributed by atoms with Gasteiger partial charge in [0.15, 0.2) is 9.84 Å². The van der Waals surface area contributed by atoms with E-state index in [2.05, 4.69) is 28.2 Å². The van der Waals surface area contributed by atoms with Crippen LogP contribution >= 0.6 is 15.9 Å². The first kappa shape index (κ1) is 16.8. The lowest BCUT2D eigenvalue weighted by Crippen LogP contribution is -2.35. The summed E-state index contributed by atoms with van der Waals surface area (Å²) in [5.74, 6) is 0.849. The lowest BCUT2D eigenvalue weighted by molar-refractivity contribution is 0.347. The summed E-state index contributed by atoms with van der Waals surface area (Å²) in [6.45, 7) is 5.25. The van der Waals surface area contributed by atoms with Crippen molar-refractivity contribution in [1.29, 1.82) is 0 Å². The van der Waals surface area contributed by atoms with Gasteiger partial charge in [0.2, 0.25) is 0 Å². The zero-order valence-corrected chi connectivity index (χ0v) is 15.1. The topological polar surface area (TPSA) is 55.4 Å². The van der Waals surface area contributed by atoms with Gasteiger partial charge in [0.05, 0.1) is 17.9 Å². The summed E-state index contributed by atoms with van der Waals surface area (Å²) in [6, 6.07) is 3.76. The first-order valence-electron chi connectivity index (χ1n) is 7.22. The van der Waals surface area contributed by atoms with Gasteiger partial charge in [0.1, 0.15) is 5.75 Å². The molecule has 0 saturated heterocycles. The van der Waals surface area contributed by atoms with Crippen LogP contribution in [0.15, 0.2) is 16.6 Å². The summed E-state index contributed by atoms with van der Waals surface area (Å²) in [5, 5.41) is 2.86. The van der Waals surface area contributed by atoms with Gasteiger partial charge >= 0.3 is 0 Å². The van der Waals surface area contributed by atoms with Crippen molar-refractivity contribution in [3.63, 3.8) is 0 Å². The number of benzene rings is 1. The third kappa shape index (κ3) is 3.79. The van der Waals surface area contributed by atoms with Crippen LogP contribution in [0.25, 0.3) is 0 Å². The zero-order valence-electron chi connectivity index (χ0n) is 12.6. The molecule has 0 fully saturated rings. The first-order valence-corrected chi connectivity index (χ1v) is 9.96. The molecular formula is C15H22BrNO3S. The number of fused-ring (bicyclic) bond motifs is 1. The Labute approximate surface area is 135 Å². The molecule has 6 heteroatoms. The molecule has 0 amide bonds. The highest BCUT2D eigenvalue weighted by Crippen LogP contribution is 2.38. The van der Waals surface area contributed by atoms with Gasteiger partial charge in [-0.3, -0.25) is 0 Å². The summed E-state index contributed by atoms with van der Waals surface area (Å²) in [5.41, 5.74) is 2.08. The number of halogens is 1. The van der Waals surface area contributed by atoms with Crippen LogP contribution in [-0.2, 0) is 16.3 Å². The Morgan fingerprint density at radius 2 is 2.14 bits per heavy atom. The molecule has 1 heterocycles. The van der Waals surface area contributed by atoms with Gasteiger partial charge in [-0.05, 0) is 37.6 Å². The highest BCUT2D eigenvalue weighted by atomic mass is 79.9. The number of sulfone groups is 1. The highest BCUT2D eigenvalue weighted by Gasteiger charge is 2.31. The van der Waals surface area contributed by atoms with Gasteiger partial charge in [-0.1, -0.05) is 22.9 Å². The molecule has 0 bridgehead atoms. The number of hydrogen-bond donors (Lipinski definition) is 1. The van der Waals surface area contributed by atoms with E-state index >= 15 is 0 Å². The second kappa shape index (κ2) is 6.67. The molecule has 0 aromatic heterocycles. The Hall–Kier alpha value is -0.590. The summed E-state index contributed by atoms with van der Waals surface area (Å²) in [7, 11) is -3.14. The van der Waals surface area contributed by atoms with Crippen LogP contribution in [0, 0.1) is 0 Å². The smallest absolute Gasteiger partial charge is 0.151 e. The lowest BCUT2D eigenvalue weighted by Gasteiger charge is -2.26. The van der Waals surface area contributed by atoms with Gasteiger partial charge in [0.25, 0.3) is 0 Å². The van der Waals surface area contributed by atoms with Gasteiger partial charge in [0, 0.05) is 22.7 Å². The largest absolute Gasteiger partial charge is 0.493 e. The van der Waals surface area contributed by atoms with Crippen molar-refractivity contribution in [3.05, 3.63) is 27.7 Å². The quantitative estimate of drug-likeness (QED) is 0.830. The number of rotatable bonds is 6. The minimum atomic E-state index is -3.14. The molecule has 4 nitrogen and oxygen atoms in total. The van der Waals surface area contributed by atoms with Crippen LogP contribution < -0.4 is 10.1 Å². The van der Waals surface area contributed by atoms with Crippen molar-refractivity contribution in [1.82, 2.24) is 5.32 Å². The lowest BCUT2D eigenvalue weighted by atomic mass is 9.99. The molecule has 2 unspecified atom stereocenters. The Morgan fingerprint density at radius 3 is 2.76 bits per heavy atom. The average Bonchev–Trinajstić information content (AvgIpc) is 2.85. The van der Waals surface area contributed by atoms with Crippen LogP contribution in [-0.4, -0.2) is 33.1 Å². The second-order valence-electron chi connectivity index (χ2n) is 5.55. The van der Waals surface area contributed by atoms with Gasteiger partial charge in [-0.25, -0.2) is 8.42 Å². The van der Waals surface area contributed by atoms with E-state index < -0.39 is 15.1 Å². The van der Waals surface area contributed by atoms with Crippen molar-refractivity contribution >= 4 is 25.8 Å². The maximum atomic E-state index is 12.0. The van der Waals surface area contributed by atoms with E-state index in [0.717, 1.165) is 40.7 Å². The molecule has 1 N–H and O–H groups in total. The van der Waals surface area contributed by atoms with E-state index in [1.807, 2.05) is 12.1 Å². The number of hydrogen-bond acceptors (Lipinski definition) is 4. The molecule has 118 valence electrons. The van der Waals surface area contributed by atoms with Crippen LogP contribution in [0.1, 0.15) is 37.4 Å². The van der Waals surface area contributed by atoms with E-state index in [9.17, 15) is 8.42 Å². The number of nitrogens with one attached hydrogen (secondary N) is 1. The number of ether oxygens (including phenoxy) is 1. The van der Waals surface area contributed by atoms with Crippen LogP contribution in [0.4, 0.5) is 0 Å². The maximum Gasteiger partial charge on any atom is 0.151 e. The van der Waals surface area contributed by atoms with Crippen molar-refractivity contribution in [2.75, 3.05) is 19.4 Å². The third-order valence-corrected chi connectivity index (χ3v) is 5.95. The van der Waals surface area contributed by atoms with Crippen molar-refractivity contribution in [3.8, 4) is 5.75 Å². The SMILES string of the molecule is CCCNC(c1cc(Br)cc2c1OCC2)C(C)S(C)(=O)=O. The summed E-state index contributed by atoms with van der Waals surface area (Å²) in [6.07, 6.45) is 3.11. The van der Waals surface area contributed by atoms with Gasteiger partial charge < -0.3 is 10.1 Å². The molecule has 2 atom stereocenters. The fourth-order valence-electron chi connectivity index (χ4n) is 2.60. The van der Waals surface area contributed by atoms with E-state index in [4.69, 9.17) is 4.74 Å². The summed E-state index contributed by atoms with van der Waals surface area (Å²) in [4.78, 5) is 0. The predicted octanol–water partition coefficient (Wildman–Crippen LogP) is 2.86. The standard InChI is InChI=1S/C15H22BrNO3S/c1-4-6-17-14(10(2)21(3,18)19)13-9-12(16)8-11-5-7-20-15(11)13/h8-10,14,17H,4-7H2,1-3H3. The molecule has 0 radical (unpaired) electrons. The third-order valence-electron chi connectivity index (χ3n) is 3.87. The normalized spacial score (nSPS) is 17.1. The Bertz CT molecular complexity index is 616. The molecule has 1 aliphatic rings. The predicted molar refractivity (Wildman–Crippen MR) is 88.7 cm³/mol. The molecule has 21 heavy (non-hydrogen) atoms. The van der Waals surface area contributed by atoms with Crippen molar-refractivity contribution in [2.24, 2.45) is 0 Å². The zero-order chi connectivity index (χ0) is 15.6. The van der Waals surface area contributed by atoms with Crippen LogP contribution in [0.3, 0.4) is 0 Å². The average molecular weight is 376 g/mol. The molecule has 0 aliphatic carbocycles. The Morgan fingerprint density at radius 1 is 1.43 bits per heavy atom. The Balaban J connectivity index is 2.46. The van der Waals surface area contributed by atoms with E-state index in [-0.39, 0.29) is 6.04 Å². The van der Waals surface area contributed by atoms with Crippen LogP contribution in [0.2, 0.25) is 0 Å². The molecule has 1 aliphatic heterocycles. The van der Waals surface area contributed by atoms with E-state index in [1.165, 1.54) is 6.26 Å².